The molecule has 2 heteroatoms. The highest BCUT2D eigenvalue weighted by molar-refractivity contribution is 4.90. The number of rotatable bonds is 5. The molecule has 0 aromatic heterocycles. The van der Waals surface area contributed by atoms with Gasteiger partial charge in [0.1, 0.15) is 0 Å². The average molecular weight is 182 g/mol. The molecule has 2 nitrogen and oxygen atoms in total. The molecule has 0 bridgehead atoms. The van der Waals surface area contributed by atoms with Crippen molar-refractivity contribution in [2.45, 2.75) is 38.8 Å². The van der Waals surface area contributed by atoms with E-state index in [9.17, 15) is 0 Å². The van der Waals surface area contributed by atoms with Gasteiger partial charge in [-0.05, 0) is 32.9 Å². The summed E-state index contributed by atoms with van der Waals surface area (Å²) < 4.78 is 0. The Morgan fingerprint density at radius 2 is 2.46 bits per heavy atom. The van der Waals surface area contributed by atoms with E-state index < -0.39 is 0 Å². The van der Waals surface area contributed by atoms with E-state index in [-0.39, 0.29) is 0 Å². The molecule has 0 aliphatic carbocycles. The van der Waals surface area contributed by atoms with Crippen molar-refractivity contribution in [2.75, 3.05) is 19.6 Å². The number of hydrogen-bond donors (Lipinski definition) is 1. The molecule has 1 heterocycles. The SMILES string of the molecule is C=CC(C)N(CCC)C1CCNC1. The number of hydrogen-bond acceptors (Lipinski definition) is 2. The maximum Gasteiger partial charge on any atom is 0.0250 e. The van der Waals surface area contributed by atoms with Crippen LogP contribution in [0.5, 0.6) is 0 Å². The molecule has 76 valence electrons. The number of nitrogens with one attached hydrogen (secondary N) is 1. The average Bonchev–Trinajstić information content (AvgIpc) is 2.65. The summed E-state index contributed by atoms with van der Waals surface area (Å²) in [6.45, 7) is 11.9. The minimum absolute atomic E-state index is 0.518. The van der Waals surface area contributed by atoms with Crippen LogP contribution in [0.4, 0.5) is 0 Å². The topological polar surface area (TPSA) is 15.3 Å². The Kier molecular flexibility index (Phi) is 4.46. The zero-order valence-electron chi connectivity index (χ0n) is 8.92. The van der Waals surface area contributed by atoms with Crippen molar-refractivity contribution in [1.82, 2.24) is 10.2 Å². The van der Waals surface area contributed by atoms with Crippen LogP contribution in [-0.2, 0) is 0 Å². The summed E-state index contributed by atoms with van der Waals surface area (Å²) in [6.07, 6.45) is 4.57. The molecule has 0 spiro atoms. The van der Waals surface area contributed by atoms with Crippen LogP contribution in [0.25, 0.3) is 0 Å². The van der Waals surface area contributed by atoms with Gasteiger partial charge in [-0.25, -0.2) is 0 Å². The van der Waals surface area contributed by atoms with Gasteiger partial charge in [-0.1, -0.05) is 13.0 Å². The fourth-order valence-electron chi connectivity index (χ4n) is 2.03. The van der Waals surface area contributed by atoms with Gasteiger partial charge in [0.2, 0.25) is 0 Å². The molecule has 0 aromatic rings. The Morgan fingerprint density at radius 1 is 1.69 bits per heavy atom. The van der Waals surface area contributed by atoms with Crippen molar-refractivity contribution in [3.8, 4) is 0 Å². The smallest absolute Gasteiger partial charge is 0.0250 e. The number of nitrogens with zero attached hydrogens (tertiary/aromatic N) is 1. The van der Waals surface area contributed by atoms with Crippen LogP contribution in [0.15, 0.2) is 12.7 Å². The molecule has 0 radical (unpaired) electrons. The molecule has 1 saturated heterocycles. The zero-order chi connectivity index (χ0) is 9.68. The summed E-state index contributed by atoms with van der Waals surface area (Å²) >= 11 is 0. The van der Waals surface area contributed by atoms with E-state index in [4.69, 9.17) is 0 Å². The van der Waals surface area contributed by atoms with Crippen molar-refractivity contribution >= 4 is 0 Å². The quantitative estimate of drug-likeness (QED) is 0.650. The predicted molar refractivity (Wildman–Crippen MR) is 57.9 cm³/mol. The molecule has 1 N–H and O–H groups in total. The molecule has 0 saturated carbocycles. The van der Waals surface area contributed by atoms with Gasteiger partial charge >= 0.3 is 0 Å². The molecule has 1 rings (SSSR count). The first-order chi connectivity index (χ1) is 6.29. The lowest BCUT2D eigenvalue weighted by atomic mass is 10.1. The predicted octanol–water partition coefficient (Wildman–Crippen LogP) is 1.63. The molecule has 13 heavy (non-hydrogen) atoms. The van der Waals surface area contributed by atoms with E-state index in [1.54, 1.807) is 0 Å². The molecule has 1 fully saturated rings. The van der Waals surface area contributed by atoms with Gasteiger partial charge in [-0.15, -0.1) is 6.58 Å². The molecule has 0 amide bonds. The highest BCUT2D eigenvalue weighted by Crippen LogP contribution is 2.13. The van der Waals surface area contributed by atoms with Crippen molar-refractivity contribution in [3.05, 3.63) is 12.7 Å². The van der Waals surface area contributed by atoms with E-state index in [1.165, 1.54) is 25.9 Å². The van der Waals surface area contributed by atoms with Crippen LogP contribution >= 0.6 is 0 Å². The Morgan fingerprint density at radius 3 is 2.92 bits per heavy atom. The lowest BCUT2D eigenvalue weighted by molar-refractivity contribution is 0.180. The van der Waals surface area contributed by atoms with Crippen LogP contribution in [0.2, 0.25) is 0 Å². The summed E-state index contributed by atoms with van der Waals surface area (Å²) in [7, 11) is 0. The largest absolute Gasteiger partial charge is 0.315 e. The highest BCUT2D eigenvalue weighted by atomic mass is 15.2. The maximum atomic E-state index is 3.87. The molecule has 2 unspecified atom stereocenters. The van der Waals surface area contributed by atoms with E-state index in [2.05, 4.69) is 30.6 Å². The Balaban J connectivity index is 2.49. The highest BCUT2D eigenvalue weighted by Gasteiger charge is 2.23. The first-order valence-corrected chi connectivity index (χ1v) is 5.38. The third-order valence-corrected chi connectivity index (χ3v) is 2.85. The molecule has 1 aliphatic heterocycles. The van der Waals surface area contributed by atoms with Crippen LogP contribution in [0.1, 0.15) is 26.7 Å². The third-order valence-electron chi connectivity index (χ3n) is 2.85. The molecule has 2 atom stereocenters. The van der Waals surface area contributed by atoms with E-state index in [0.717, 1.165) is 12.6 Å². The van der Waals surface area contributed by atoms with Crippen molar-refractivity contribution in [2.24, 2.45) is 0 Å². The Bertz CT molecular complexity index is 150. The first kappa shape index (κ1) is 10.7. The van der Waals surface area contributed by atoms with E-state index in [1.807, 2.05) is 6.08 Å². The molecule has 1 aliphatic rings. The lowest BCUT2D eigenvalue weighted by Crippen LogP contribution is -2.42. The van der Waals surface area contributed by atoms with Gasteiger partial charge < -0.3 is 5.32 Å². The second-order valence-corrected chi connectivity index (χ2v) is 3.86. The summed E-state index contributed by atoms with van der Waals surface area (Å²) in [5.74, 6) is 0. The fraction of sp³-hybridized carbons (Fsp3) is 0.818. The van der Waals surface area contributed by atoms with Crippen molar-refractivity contribution < 1.29 is 0 Å². The van der Waals surface area contributed by atoms with Crippen LogP contribution in [0.3, 0.4) is 0 Å². The van der Waals surface area contributed by atoms with E-state index in [0.29, 0.717) is 6.04 Å². The molecular weight excluding hydrogens is 160 g/mol. The van der Waals surface area contributed by atoms with Crippen molar-refractivity contribution in [1.29, 1.82) is 0 Å². The van der Waals surface area contributed by atoms with Crippen LogP contribution in [0, 0.1) is 0 Å². The second kappa shape index (κ2) is 5.40. The van der Waals surface area contributed by atoms with Crippen LogP contribution in [-0.4, -0.2) is 36.6 Å². The second-order valence-electron chi connectivity index (χ2n) is 3.86. The molecule has 0 aromatic carbocycles. The minimum Gasteiger partial charge on any atom is -0.315 e. The monoisotopic (exact) mass is 182 g/mol. The standard InChI is InChI=1S/C11H22N2/c1-4-8-13(10(3)5-2)11-6-7-12-9-11/h5,10-12H,2,4,6-9H2,1,3H3. The summed E-state index contributed by atoms with van der Waals surface area (Å²) in [5.41, 5.74) is 0. The summed E-state index contributed by atoms with van der Waals surface area (Å²) in [6, 6.07) is 1.25. The van der Waals surface area contributed by atoms with Gasteiger partial charge in [0.05, 0.1) is 0 Å². The summed E-state index contributed by atoms with van der Waals surface area (Å²) in [5, 5.41) is 3.41. The van der Waals surface area contributed by atoms with Gasteiger partial charge in [-0.3, -0.25) is 4.90 Å². The maximum absolute atomic E-state index is 3.87. The summed E-state index contributed by atoms with van der Waals surface area (Å²) in [4.78, 5) is 2.56. The minimum atomic E-state index is 0.518. The van der Waals surface area contributed by atoms with Crippen LogP contribution < -0.4 is 5.32 Å². The fourth-order valence-corrected chi connectivity index (χ4v) is 2.03. The van der Waals surface area contributed by atoms with Gasteiger partial charge in [-0.2, -0.15) is 0 Å². The van der Waals surface area contributed by atoms with Crippen molar-refractivity contribution in [3.63, 3.8) is 0 Å². The van der Waals surface area contributed by atoms with Gasteiger partial charge in [0.25, 0.3) is 0 Å². The molecular formula is C11H22N2. The van der Waals surface area contributed by atoms with Gasteiger partial charge in [0, 0.05) is 18.6 Å². The third kappa shape index (κ3) is 2.82. The lowest BCUT2D eigenvalue weighted by Gasteiger charge is -2.32. The van der Waals surface area contributed by atoms with Gasteiger partial charge in [0.15, 0.2) is 0 Å². The Labute approximate surface area is 82.0 Å². The zero-order valence-corrected chi connectivity index (χ0v) is 8.92. The Hall–Kier alpha value is -0.340. The normalized spacial score (nSPS) is 25.0. The first-order valence-electron chi connectivity index (χ1n) is 5.38. The van der Waals surface area contributed by atoms with E-state index >= 15 is 0 Å².